The van der Waals surface area contributed by atoms with E-state index in [0.29, 0.717) is 5.56 Å². The maximum atomic E-state index is 13.8. The average molecular weight is 325 g/mol. The number of carbonyl (C=O) groups excluding carboxylic acids is 1. The number of fused-ring (bicyclic) bond motifs is 3. The summed E-state index contributed by atoms with van der Waals surface area (Å²) in [7, 11) is 1.93. The number of nitrogens with one attached hydrogen (secondary N) is 3. The lowest BCUT2D eigenvalue weighted by Gasteiger charge is -2.06. The summed E-state index contributed by atoms with van der Waals surface area (Å²) in [5.41, 5.74) is 4.87. The Hall–Kier alpha value is -2.89. The molecule has 6 heteroatoms. The minimum absolute atomic E-state index is 0.185. The topological polar surface area (TPSA) is 64.6 Å². The van der Waals surface area contributed by atoms with Crippen LogP contribution >= 0.6 is 0 Å². The van der Waals surface area contributed by atoms with Crippen molar-refractivity contribution in [2.75, 3.05) is 5.32 Å². The molecule has 1 aromatic carbocycles. The van der Waals surface area contributed by atoms with Crippen LogP contribution in [0.2, 0.25) is 0 Å². The normalized spacial score (nSPS) is 13.1. The third kappa shape index (κ3) is 2.31. The quantitative estimate of drug-likeness (QED) is 0.623. The number of amides is 1. The first-order valence-corrected chi connectivity index (χ1v) is 7.98. The number of hydrogen-bond donors (Lipinski definition) is 3. The van der Waals surface area contributed by atoms with Gasteiger partial charge in [0.05, 0.1) is 23.0 Å². The lowest BCUT2D eigenvalue weighted by molar-refractivity contribution is -0.716. The zero-order valence-electron chi connectivity index (χ0n) is 13.3. The number of aromatic nitrogens is 3. The van der Waals surface area contributed by atoms with Gasteiger partial charge in [-0.05, 0) is 31.4 Å². The van der Waals surface area contributed by atoms with Crippen LogP contribution in [0.3, 0.4) is 0 Å². The van der Waals surface area contributed by atoms with Gasteiger partial charge in [0.1, 0.15) is 5.82 Å². The summed E-state index contributed by atoms with van der Waals surface area (Å²) in [6.07, 6.45) is 6.56. The molecule has 0 saturated carbocycles. The van der Waals surface area contributed by atoms with E-state index in [1.54, 1.807) is 24.4 Å². The molecule has 1 aliphatic rings. The SMILES string of the molecule is C[n+]1[nH]cc2c1-c1c(C(=O)Nc3ccccc3F)c[nH]c1CCC2. The molecular weight excluding hydrogens is 307 g/mol. The molecule has 122 valence electrons. The number of hydrogen-bond acceptors (Lipinski definition) is 1. The van der Waals surface area contributed by atoms with Gasteiger partial charge in [-0.25, -0.2) is 4.39 Å². The van der Waals surface area contributed by atoms with Gasteiger partial charge < -0.3 is 10.3 Å². The summed E-state index contributed by atoms with van der Waals surface area (Å²) in [6.45, 7) is 0. The molecule has 1 amide bonds. The van der Waals surface area contributed by atoms with Crippen LogP contribution in [0.25, 0.3) is 11.3 Å². The molecule has 0 spiro atoms. The second-order valence-electron chi connectivity index (χ2n) is 6.05. The highest BCUT2D eigenvalue weighted by atomic mass is 19.1. The Kier molecular flexibility index (Phi) is 3.45. The highest BCUT2D eigenvalue weighted by Gasteiger charge is 2.30. The van der Waals surface area contributed by atoms with E-state index in [2.05, 4.69) is 15.4 Å². The van der Waals surface area contributed by atoms with E-state index >= 15 is 0 Å². The van der Waals surface area contributed by atoms with Gasteiger partial charge in [0.25, 0.3) is 5.91 Å². The summed E-state index contributed by atoms with van der Waals surface area (Å²) < 4.78 is 15.7. The van der Waals surface area contributed by atoms with E-state index in [1.165, 1.54) is 11.6 Å². The summed E-state index contributed by atoms with van der Waals surface area (Å²) in [5.74, 6) is -0.757. The van der Waals surface area contributed by atoms with E-state index < -0.39 is 5.82 Å². The van der Waals surface area contributed by atoms with Crippen LogP contribution in [0.4, 0.5) is 10.1 Å². The van der Waals surface area contributed by atoms with Crippen LogP contribution in [0, 0.1) is 5.82 Å². The van der Waals surface area contributed by atoms with Gasteiger partial charge in [0.2, 0.25) is 5.69 Å². The van der Waals surface area contributed by atoms with Crippen molar-refractivity contribution in [3.8, 4) is 11.3 Å². The maximum Gasteiger partial charge on any atom is 0.258 e. The minimum Gasteiger partial charge on any atom is -0.363 e. The molecule has 2 aromatic heterocycles. The monoisotopic (exact) mass is 325 g/mol. The van der Waals surface area contributed by atoms with Gasteiger partial charge in [-0.15, -0.1) is 4.68 Å². The van der Waals surface area contributed by atoms with Crippen molar-refractivity contribution in [3.63, 3.8) is 0 Å². The second kappa shape index (κ2) is 5.63. The zero-order chi connectivity index (χ0) is 16.7. The first kappa shape index (κ1) is 14.7. The van der Waals surface area contributed by atoms with Crippen molar-refractivity contribution in [1.29, 1.82) is 0 Å². The van der Waals surface area contributed by atoms with E-state index in [4.69, 9.17) is 0 Å². The molecule has 3 aromatic rings. The van der Waals surface area contributed by atoms with E-state index in [0.717, 1.165) is 36.2 Å². The molecule has 1 aliphatic carbocycles. The molecule has 0 aliphatic heterocycles. The Morgan fingerprint density at radius 1 is 1.25 bits per heavy atom. The predicted octanol–water partition coefficient (Wildman–Crippen LogP) is 2.71. The van der Waals surface area contributed by atoms with Gasteiger partial charge in [-0.3, -0.25) is 4.79 Å². The standard InChI is InChI=1S/C18H17FN4O/c1-23-17-11(9-21-23)5-4-8-15-16(17)12(10-20-15)18(24)22-14-7-3-2-6-13(14)19/h2-3,6-7,9-10H,4-5,8H2,1H3,(H2,20,21,22,24)/p+1. The van der Waals surface area contributed by atoms with Crippen LogP contribution in [-0.4, -0.2) is 16.0 Å². The predicted molar refractivity (Wildman–Crippen MR) is 88.1 cm³/mol. The molecule has 4 rings (SSSR count). The lowest BCUT2D eigenvalue weighted by Crippen LogP contribution is -2.32. The van der Waals surface area contributed by atoms with E-state index in [9.17, 15) is 9.18 Å². The molecular formula is C18H18FN4O+. The van der Waals surface area contributed by atoms with Crippen molar-refractivity contribution < 1.29 is 13.9 Å². The number of anilines is 1. The summed E-state index contributed by atoms with van der Waals surface area (Å²) in [4.78, 5) is 16.0. The third-order valence-corrected chi connectivity index (χ3v) is 4.51. The van der Waals surface area contributed by atoms with Crippen LogP contribution < -0.4 is 10.00 Å². The molecule has 0 saturated heterocycles. The average Bonchev–Trinajstić information content (AvgIpc) is 3.08. The fourth-order valence-electron chi connectivity index (χ4n) is 3.36. The van der Waals surface area contributed by atoms with Gasteiger partial charge in [-0.2, -0.15) is 5.10 Å². The number of halogens is 1. The summed E-state index contributed by atoms with van der Waals surface area (Å²) >= 11 is 0. The van der Waals surface area contributed by atoms with Gasteiger partial charge in [-0.1, -0.05) is 12.1 Å². The number of carbonyl (C=O) groups is 1. The van der Waals surface area contributed by atoms with Crippen LogP contribution in [0.1, 0.15) is 28.0 Å². The maximum absolute atomic E-state index is 13.8. The molecule has 24 heavy (non-hydrogen) atoms. The molecule has 0 radical (unpaired) electrons. The highest BCUT2D eigenvalue weighted by Crippen LogP contribution is 2.33. The first-order valence-electron chi connectivity index (χ1n) is 7.98. The van der Waals surface area contributed by atoms with Gasteiger partial charge in [0, 0.05) is 17.5 Å². The summed E-state index contributed by atoms with van der Waals surface area (Å²) in [6, 6.07) is 6.18. The zero-order valence-corrected chi connectivity index (χ0v) is 13.3. The largest absolute Gasteiger partial charge is 0.363 e. The molecule has 2 heterocycles. The third-order valence-electron chi connectivity index (χ3n) is 4.51. The number of H-pyrrole nitrogens is 2. The fraction of sp³-hybridized carbons (Fsp3) is 0.222. The van der Waals surface area contributed by atoms with Crippen LogP contribution in [0.15, 0.2) is 36.7 Å². The molecule has 0 atom stereocenters. The van der Waals surface area contributed by atoms with Crippen molar-refractivity contribution in [3.05, 3.63) is 59.3 Å². The minimum atomic E-state index is -0.444. The molecule has 0 unspecified atom stereocenters. The summed E-state index contributed by atoms with van der Waals surface area (Å²) in [5, 5.41) is 5.85. The van der Waals surface area contributed by atoms with Crippen molar-refractivity contribution in [2.45, 2.75) is 19.3 Å². The molecule has 0 bridgehead atoms. The molecule has 3 N–H and O–H groups in total. The molecule has 0 fully saturated rings. The van der Waals surface area contributed by atoms with Crippen molar-refractivity contribution in [1.82, 2.24) is 10.1 Å². The second-order valence-corrected chi connectivity index (χ2v) is 6.05. The van der Waals surface area contributed by atoms with Gasteiger partial charge >= 0.3 is 0 Å². The number of rotatable bonds is 2. The number of nitrogens with zero attached hydrogens (tertiary/aromatic N) is 1. The number of aryl methyl sites for hydroxylation is 3. The van der Waals surface area contributed by atoms with Crippen molar-refractivity contribution in [2.24, 2.45) is 7.05 Å². The lowest BCUT2D eigenvalue weighted by atomic mass is 10.0. The smallest absolute Gasteiger partial charge is 0.258 e. The number of aromatic amines is 2. The van der Waals surface area contributed by atoms with Crippen LogP contribution in [0.5, 0.6) is 0 Å². The number of benzene rings is 1. The number of para-hydroxylation sites is 1. The Morgan fingerprint density at radius 3 is 2.92 bits per heavy atom. The first-order chi connectivity index (χ1) is 11.6. The fourth-order valence-corrected chi connectivity index (χ4v) is 3.36. The van der Waals surface area contributed by atoms with Gasteiger partial charge in [0.15, 0.2) is 7.05 Å². The Bertz CT molecular complexity index is 925. The highest BCUT2D eigenvalue weighted by molar-refractivity contribution is 6.09. The Balaban J connectivity index is 1.77. The van der Waals surface area contributed by atoms with Crippen molar-refractivity contribution >= 4 is 11.6 Å². The Labute approximate surface area is 138 Å². The van der Waals surface area contributed by atoms with E-state index in [-0.39, 0.29) is 11.6 Å². The van der Waals surface area contributed by atoms with E-state index in [1.807, 2.05) is 17.9 Å². The van der Waals surface area contributed by atoms with Crippen LogP contribution in [-0.2, 0) is 19.9 Å². The Morgan fingerprint density at radius 2 is 2.08 bits per heavy atom. The molecule has 5 nitrogen and oxygen atoms in total.